The van der Waals surface area contributed by atoms with E-state index >= 15 is 0 Å². The fourth-order valence-corrected chi connectivity index (χ4v) is 3.02. The summed E-state index contributed by atoms with van der Waals surface area (Å²) in [5, 5.41) is 15.5. The molecule has 0 saturated heterocycles. The second-order valence-electron chi connectivity index (χ2n) is 6.00. The Kier molecular flexibility index (Phi) is 4.27. The van der Waals surface area contributed by atoms with Crippen molar-refractivity contribution in [3.63, 3.8) is 0 Å². The molecule has 6 nitrogen and oxygen atoms in total. The van der Waals surface area contributed by atoms with Gasteiger partial charge in [0.1, 0.15) is 11.1 Å². The number of rotatable bonds is 4. The summed E-state index contributed by atoms with van der Waals surface area (Å²) in [4.78, 5) is 15.8. The topological polar surface area (TPSA) is 77.3 Å². The number of pyridine rings is 1. The highest BCUT2D eigenvalue weighted by atomic mass is 16.6. The van der Waals surface area contributed by atoms with Gasteiger partial charge in [-0.2, -0.15) is 0 Å². The predicted octanol–water partition coefficient (Wildman–Crippen LogP) is 4.82. The van der Waals surface area contributed by atoms with E-state index in [9.17, 15) is 10.1 Å². The first kappa shape index (κ1) is 16.7. The molecule has 0 aliphatic heterocycles. The van der Waals surface area contributed by atoms with E-state index in [1.807, 2.05) is 50.2 Å². The molecule has 3 aromatic rings. The van der Waals surface area contributed by atoms with Crippen molar-refractivity contribution in [3.05, 3.63) is 63.3 Å². The molecule has 0 radical (unpaired) electrons. The molecular formula is C19H19N3O3. The molecule has 1 aromatic heterocycles. The van der Waals surface area contributed by atoms with Crippen molar-refractivity contribution >= 4 is 28.0 Å². The van der Waals surface area contributed by atoms with Crippen LogP contribution in [-0.2, 0) is 0 Å². The summed E-state index contributed by atoms with van der Waals surface area (Å²) >= 11 is 0. The van der Waals surface area contributed by atoms with Crippen molar-refractivity contribution in [2.24, 2.45) is 0 Å². The minimum Gasteiger partial charge on any atom is -0.497 e. The molecular weight excluding hydrogens is 318 g/mol. The number of nitro benzene ring substituents is 1. The lowest BCUT2D eigenvalue weighted by molar-refractivity contribution is -0.383. The van der Waals surface area contributed by atoms with Crippen molar-refractivity contribution in [2.45, 2.75) is 20.8 Å². The average molecular weight is 337 g/mol. The largest absolute Gasteiger partial charge is 0.497 e. The van der Waals surface area contributed by atoms with Gasteiger partial charge in [-0.05, 0) is 62.7 Å². The molecule has 0 bridgehead atoms. The van der Waals surface area contributed by atoms with Crippen molar-refractivity contribution in [1.29, 1.82) is 0 Å². The predicted molar refractivity (Wildman–Crippen MR) is 98.9 cm³/mol. The molecule has 0 saturated carbocycles. The van der Waals surface area contributed by atoms with Crippen molar-refractivity contribution in [1.82, 2.24) is 4.98 Å². The monoisotopic (exact) mass is 337 g/mol. The van der Waals surface area contributed by atoms with Crippen LogP contribution >= 0.6 is 0 Å². The maximum absolute atomic E-state index is 11.7. The van der Waals surface area contributed by atoms with Gasteiger partial charge >= 0.3 is 0 Å². The molecule has 0 amide bonds. The van der Waals surface area contributed by atoms with E-state index in [0.29, 0.717) is 22.2 Å². The molecule has 128 valence electrons. The standard InChI is InChI=1S/C19H19N3O3/c1-11-9-12(2)19(22(23)24)17-16(10-13(3)20-18(11)17)21-14-5-7-15(25-4)8-6-14/h5-10H,1-4H3,(H,20,21). The number of aryl methyl sites for hydroxylation is 3. The van der Waals surface area contributed by atoms with Crippen LogP contribution in [0.15, 0.2) is 36.4 Å². The number of fused-ring (bicyclic) bond motifs is 1. The molecule has 6 heteroatoms. The first-order valence-electron chi connectivity index (χ1n) is 7.87. The van der Waals surface area contributed by atoms with Crippen LogP contribution in [0, 0.1) is 30.9 Å². The molecule has 0 fully saturated rings. The second kappa shape index (κ2) is 6.39. The number of ether oxygens (including phenoxy) is 1. The molecule has 0 spiro atoms. The van der Waals surface area contributed by atoms with Crippen LogP contribution in [0.5, 0.6) is 5.75 Å². The first-order chi connectivity index (χ1) is 11.9. The third kappa shape index (κ3) is 3.10. The quantitative estimate of drug-likeness (QED) is 0.545. The summed E-state index contributed by atoms with van der Waals surface area (Å²) in [6.07, 6.45) is 0. The lowest BCUT2D eigenvalue weighted by Crippen LogP contribution is -2.01. The molecule has 0 aliphatic carbocycles. The summed E-state index contributed by atoms with van der Waals surface area (Å²) in [5.41, 5.74) is 4.56. The van der Waals surface area contributed by atoms with Crippen molar-refractivity contribution in [2.75, 3.05) is 12.4 Å². The zero-order valence-corrected chi connectivity index (χ0v) is 14.6. The summed E-state index contributed by atoms with van der Waals surface area (Å²) < 4.78 is 5.16. The average Bonchev–Trinajstić information content (AvgIpc) is 2.56. The molecule has 1 N–H and O–H groups in total. The van der Waals surface area contributed by atoms with E-state index in [2.05, 4.69) is 10.3 Å². The van der Waals surface area contributed by atoms with E-state index in [1.165, 1.54) is 0 Å². The van der Waals surface area contributed by atoms with Crippen LogP contribution in [0.1, 0.15) is 16.8 Å². The van der Waals surface area contributed by atoms with E-state index in [-0.39, 0.29) is 10.6 Å². The molecule has 0 unspecified atom stereocenters. The Balaban J connectivity index is 2.23. The summed E-state index contributed by atoms with van der Waals surface area (Å²) in [5.74, 6) is 0.749. The summed E-state index contributed by atoms with van der Waals surface area (Å²) in [7, 11) is 1.61. The number of hydrogen-bond donors (Lipinski definition) is 1. The van der Waals surface area contributed by atoms with Gasteiger partial charge in [0.15, 0.2) is 0 Å². The smallest absolute Gasteiger partial charge is 0.283 e. The van der Waals surface area contributed by atoms with Gasteiger partial charge in [-0.1, -0.05) is 0 Å². The van der Waals surface area contributed by atoms with Gasteiger partial charge in [-0.3, -0.25) is 15.1 Å². The highest BCUT2D eigenvalue weighted by Gasteiger charge is 2.22. The molecule has 0 aliphatic rings. The number of nitrogens with one attached hydrogen (secondary N) is 1. The van der Waals surface area contributed by atoms with Gasteiger partial charge in [0.05, 0.1) is 23.2 Å². The number of benzene rings is 2. The Morgan fingerprint density at radius 1 is 1.08 bits per heavy atom. The Morgan fingerprint density at radius 3 is 2.36 bits per heavy atom. The first-order valence-corrected chi connectivity index (χ1v) is 7.87. The maximum Gasteiger partial charge on any atom is 0.283 e. The molecule has 2 aromatic carbocycles. The fraction of sp³-hybridized carbons (Fsp3) is 0.211. The Bertz CT molecular complexity index is 966. The highest BCUT2D eigenvalue weighted by molar-refractivity contribution is 6.02. The third-order valence-corrected chi connectivity index (χ3v) is 4.12. The van der Waals surface area contributed by atoms with Crippen LogP contribution in [0.3, 0.4) is 0 Å². The lowest BCUT2D eigenvalue weighted by Gasteiger charge is -2.14. The van der Waals surface area contributed by atoms with Gasteiger partial charge in [-0.25, -0.2) is 0 Å². The fourth-order valence-electron chi connectivity index (χ4n) is 3.02. The maximum atomic E-state index is 11.7. The highest BCUT2D eigenvalue weighted by Crippen LogP contribution is 2.37. The SMILES string of the molecule is COc1ccc(Nc2cc(C)nc3c(C)cc(C)c([N+](=O)[O-])c23)cc1. The van der Waals surface area contributed by atoms with Gasteiger partial charge in [0.25, 0.3) is 5.69 Å². The lowest BCUT2D eigenvalue weighted by atomic mass is 10.0. The Labute approximate surface area is 145 Å². The Morgan fingerprint density at radius 2 is 1.76 bits per heavy atom. The number of aromatic nitrogens is 1. The number of nitrogens with zero attached hydrogens (tertiary/aromatic N) is 2. The van der Waals surface area contributed by atoms with Gasteiger partial charge < -0.3 is 10.1 Å². The number of hydrogen-bond acceptors (Lipinski definition) is 5. The van der Waals surface area contributed by atoms with E-state index in [4.69, 9.17) is 4.74 Å². The molecule has 1 heterocycles. The number of anilines is 2. The van der Waals surface area contributed by atoms with E-state index in [0.717, 1.165) is 22.7 Å². The van der Waals surface area contributed by atoms with Gasteiger partial charge in [0.2, 0.25) is 0 Å². The van der Waals surface area contributed by atoms with E-state index in [1.54, 1.807) is 14.0 Å². The van der Waals surface area contributed by atoms with Gasteiger partial charge in [0, 0.05) is 16.9 Å². The minimum atomic E-state index is -0.340. The molecule has 25 heavy (non-hydrogen) atoms. The van der Waals surface area contributed by atoms with Crippen LogP contribution in [0.4, 0.5) is 17.1 Å². The van der Waals surface area contributed by atoms with Crippen LogP contribution < -0.4 is 10.1 Å². The third-order valence-electron chi connectivity index (χ3n) is 4.12. The summed E-state index contributed by atoms with van der Waals surface area (Å²) in [6, 6.07) is 11.1. The normalized spacial score (nSPS) is 10.7. The zero-order valence-electron chi connectivity index (χ0n) is 14.6. The number of methoxy groups -OCH3 is 1. The zero-order chi connectivity index (χ0) is 18.1. The molecule has 0 atom stereocenters. The second-order valence-corrected chi connectivity index (χ2v) is 6.00. The van der Waals surface area contributed by atoms with Gasteiger partial charge in [-0.15, -0.1) is 0 Å². The van der Waals surface area contributed by atoms with Crippen LogP contribution in [0.25, 0.3) is 10.9 Å². The number of nitro groups is 1. The van der Waals surface area contributed by atoms with Crippen LogP contribution in [0.2, 0.25) is 0 Å². The molecule has 3 rings (SSSR count). The van der Waals surface area contributed by atoms with E-state index < -0.39 is 0 Å². The Hall–Kier alpha value is -3.15. The van der Waals surface area contributed by atoms with Crippen LogP contribution in [-0.4, -0.2) is 17.0 Å². The minimum absolute atomic E-state index is 0.0871. The van der Waals surface area contributed by atoms with Crippen molar-refractivity contribution in [3.8, 4) is 5.75 Å². The summed E-state index contributed by atoms with van der Waals surface area (Å²) in [6.45, 7) is 5.55. The van der Waals surface area contributed by atoms with Crippen molar-refractivity contribution < 1.29 is 9.66 Å².